The molecule has 1 fully saturated rings. The Hall–Kier alpha value is -1.13. The second-order valence-electron chi connectivity index (χ2n) is 5.41. The van der Waals surface area contributed by atoms with Crippen LogP contribution in [0.4, 0.5) is 5.82 Å². The first-order valence-corrected chi connectivity index (χ1v) is 7.28. The minimum atomic E-state index is 0.397. The number of ether oxygens (including phenoxy) is 1. The number of pyridine rings is 1. The number of nitrogens with one attached hydrogen (secondary N) is 1. The van der Waals surface area contributed by atoms with Gasteiger partial charge in [0.25, 0.3) is 0 Å². The monoisotopic (exact) mass is 263 g/mol. The van der Waals surface area contributed by atoms with E-state index in [2.05, 4.69) is 23.3 Å². The van der Waals surface area contributed by atoms with Crippen molar-refractivity contribution in [3.8, 4) is 0 Å². The maximum Gasteiger partial charge on any atom is 0.126 e. The van der Waals surface area contributed by atoms with Crippen LogP contribution in [-0.2, 0) is 4.74 Å². The van der Waals surface area contributed by atoms with E-state index in [1.165, 1.54) is 5.56 Å². The zero-order valence-corrected chi connectivity index (χ0v) is 11.8. The lowest BCUT2D eigenvalue weighted by Crippen LogP contribution is -2.30. The number of rotatable bonds is 6. The maximum atomic E-state index is 5.88. The van der Waals surface area contributed by atoms with E-state index >= 15 is 0 Å². The molecule has 1 heterocycles. The first kappa shape index (κ1) is 14.3. The lowest BCUT2D eigenvalue weighted by molar-refractivity contribution is 0.0251. The van der Waals surface area contributed by atoms with Crippen LogP contribution < -0.4 is 11.1 Å². The Kier molecular flexibility index (Phi) is 5.61. The largest absolute Gasteiger partial charge is 0.378 e. The highest BCUT2D eigenvalue weighted by Crippen LogP contribution is 2.19. The normalized spacial score (nSPS) is 23.3. The van der Waals surface area contributed by atoms with E-state index in [4.69, 9.17) is 10.5 Å². The smallest absolute Gasteiger partial charge is 0.126 e. The van der Waals surface area contributed by atoms with Gasteiger partial charge in [-0.1, -0.05) is 0 Å². The highest BCUT2D eigenvalue weighted by atomic mass is 16.5. The fraction of sp³-hybridized carbons (Fsp3) is 0.667. The van der Waals surface area contributed by atoms with Gasteiger partial charge in [-0.3, -0.25) is 0 Å². The van der Waals surface area contributed by atoms with Crippen LogP contribution in [0.3, 0.4) is 0 Å². The molecule has 106 valence electrons. The first-order chi connectivity index (χ1) is 9.24. The highest BCUT2D eigenvalue weighted by Gasteiger charge is 2.18. The van der Waals surface area contributed by atoms with Crippen molar-refractivity contribution in [2.24, 2.45) is 5.73 Å². The van der Waals surface area contributed by atoms with Crippen LogP contribution in [0.2, 0.25) is 0 Å². The summed E-state index contributed by atoms with van der Waals surface area (Å²) in [5.41, 5.74) is 7.11. The van der Waals surface area contributed by atoms with Gasteiger partial charge in [-0.25, -0.2) is 4.98 Å². The Labute approximate surface area is 115 Å². The number of nitrogens with two attached hydrogens (primary N) is 1. The van der Waals surface area contributed by atoms with Gasteiger partial charge in [0.1, 0.15) is 5.82 Å². The molecule has 4 nitrogen and oxygen atoms in total. The Bertz CT molecular complexity index is 375. The minimum absolute atomic E-state index is 0.397. The summed E-state index contributed by atoms with van der Waals surface area (Å²) in [5, 5.41) is 3.32. The highest BCUT2D eigenvalue weighted by molar-refractivity contribution is 5.36. The molecule has 0 spiro atoms. The predicted molar refractivity (Wildman–Crippen MR) is 78.3 cm³/mol. The van der Waals surface area contributed by atoms with Gasteiger partial charge in [0, 0.05) is 25.4 Å². The Morgan fingerprint density at radius 2 is 2.16 bits per heavy atom. The van der Waals surface area contributed by atoms with Crippen LogP contribution in [0.25, 0.3) is 0 Å². The van der Waals surface area contributed by atoms with Crippen molar-refractivity contribution >= 4 is 5.82 Å². The number of nitrogens with zero attached hydrogens (tertiary/aromatic N) is 1. The summed E-state index contributed by atoms with van der Waals surface area (Å²) in [7, 11) is 0. The molecule has 0 saturated heterocycles. The third-order valence-corrected chi connectivity index (χ3v) is 3.62. The molecule has 0 aromatic carbocycles. The van der Waals surface area contributed by atoms with E-state index in [1.807, 2.05) is 12.3 Å². The topological polar surface area (TPSA) is 60.2 Å². The van der Waals surface area contributed by atoms with Crippen molar-refractivity contribution < 1.29 is 4.74 Å². The van der Waals surface area contributed by atoms with Crippen molar-refractivity contribution in [2.75, 3.05) is 18.5 Å². The summed E-state index contributed by atoms with van der Waals surface area (Å²) >= 11 is 0. The molecule has 0 aliphatic heterocycles. The lowest BCUT2D eigenvalue weighted by atomic mass is 9.94. The van der Waals surface area contributed by atoms with Crippen molar-refractivity contribution in [3.63, 3.8) is 0 Å². The van der Waals surface area contributed by atoms with E-state index in [0.717, 1.165) is 51.1 Å². The van der Waals surface area contributed by atoms with Crippen LogP contribution in [0.5, 0.6) is 0 Å². The van der Waals surface area contributed by atoms with E-state index in [0.29, 0.717) is 12.1 Å². The van der Waals surface area contributed by atoms with E-state index in [-0.39, 0.29) is 0 Å². The molecule has 1 aromatic heterocycles. The molecule has 0 amide bonds. The molecule has 19 heavy (non-hydrogen) atoms. The van der Waals surface area contributed by atoms with Gasteiger partial charge in [0.05, 0.1) is 6.10 Å². The van der Waals surface area contributed by atoms with Gasteiger partial charge in [-0.15, -0.1) is 0 Å². The van der Waals surface area contributed by atoms with Crippen LogP contribution in [-0.4, -0.2) is 30.3 Å². The molecule has 1 aromatic rings. The van der Waals surface area contributed by atoms with Gasteiger partial charge >= 0.3 is 0 Å². The zero-order chi connectivity index (χ0) is 13.5. The first-order valence-electron chi connectivity index (χ1n) is 7.28. The number of anilines is 1. The summed E-state index contributed by atoms with van der Waals surface area (Å²) in [5.74, 6) is 0.948. The third kappa shape index (κ3) is 5.17. The molecular weight excluding hydrogens is 238 g/mol. The Balaban J connectivity index is 1.55. The lowest BCUT2D eigenvalue weighted by Gasteiger charge is -2.26. The summed E-state index contributed by atoms with van der Waals surface area (Å²) in [6.45, 7) is 3.80. The van der Waals surface area contributed by atoms with Crippen molar-refractivity contribution in [3.05, 3.63) is 23.9 Å². The minimum Gasteiger partial charge on any atom is -0.378 e. The number of hydrogen-bond donors (Lipinski definition) is 2. The third-order valence-electron chi connectivity index (χ3n) is 3.62. The fourth-order valence-corrected chi connectivity index (χ4v) is 2.43. The molecule has 0 bridgehead atoms. The molecule has 0 radical (unpaired) electrons. The van der Waals surface area contributed by atoms with Crippen molar-refractivity contribution in [1.29, 1.82) is 0 Å². The predicted octanol–water partition coefficient (Wildman–Crippen LogP) is 2.48. The summed E-state index contributed by atoms with van der Waals surface area (Å²) in [6.07, 6.45) is 7.73. The van der Waals surface area contributed by atoms with Crippen molar-refractivity contribution in [1.82, 2.24) is 4.98 Å². The van der Waals surface area contributed by atoms with Gasteiger partial charge in [0.2, 0.25) is 0 Å². The van der Waals surface area contributed by atoms with Gasteiger partial charge in [0.15, 0.2) is 0 Å². The molecule has 4 heteroatoms. The van der Waals surface area contributed by atoms with Gasteiger partial charge < -0.3 is 15.8 Å². The van der Waals surface area contributed by atoms with Gasteiger partial charge in [-0.05, 0) is 56.7 Å². The molecule has 0 atom stereocenters. The van der Waals surface area contributed by atoms with Crippen molar-refractivity contribution in [2.45, 2.75) is 51.2 Å². The van der Waals surface area contributed by atoms with E-state index < -0.39 is 0 Å². The standard InChI is InChI=1S/C15H25N3O/c1-12-7-9-18-15(11-12)17-8-2-10-19-14-5-3-13(16)4-6-14/h7,9,11,13-14H,2-6,8,10,16H2,1H3,(H,17,18). The molecule has 3 N–H and O–H groups in total. The second-order valence-corrected chi connectivity index (χ2v) is 5.41. The summed E-state index contributed by atoms with van der Waals surface area (Å²) < 4.78 is 5.88. The Morgan fingerprint density at radius 3 is 2.89 bits per heavy atom. The van der Waals surface area contributed by atoms with E-state index in [1.54, 1.807) is 0 Å². The molecular formula is C15H25N3O. The molecule has 1 aliphatic rings. The van der Waals surface area contributed by atoms with Crippen LogP contribution in [0.15, 0.2) is 18.3 Å². The van der Waals surface area contributed by atoms with E-state index in [9.17, 15) is 0 Å². The van der Waals surface area contributed by atoms with Crippen LogP contribution in [0, 0.1) is 6.92 Å². The quantitative estimate of drug-likeness (QED) is 0.774. The zero-order valence-electron chi connectivity index (χ0n) is 11.8. The average Bonchev–Trinajstić information content (AvgIpc) is 2.41. The SMILES string of the molecule is Cc1ccnc(NCCCOC2CCC(N)CC2)c1. The fourth-order valence-electron chi connectivity index (χ4n) is 2.43. The average molecular weight is 263 g/mol. The van der Waals surface area contributed by atoms with Crippen LogP contribution in [0.1, 0.15) is 37.7 Å². The number of hydrogen-bond acceptors (Lipinski definition) is 4. The summed E-state index contributed by atoms with van der Waals surface area (Å²) in [6, 6.07) is 4.46. The molecule has 2 rings (SSSR count). The second kappa shape index (κ2) is 7.46. The number of aromatic nitrogens is 1. The Morgan fingerprint density at radius 1 is 1.37 bits per heavy atom. The summed E-state index contributed by atoms with van der Waals surface area (Å²) in [4.78, 5) is 4.27. The van der Waals surface area contributed by atoms with Crippen LogP contribution >= 0.6 is 0 Å². The maximum absolute atomic E-state index is 5.88. The number of aryl methyl sites for hydroxylation is 1. The molecule has 1 aliphatic carbocycles. The molecule has 1 saturated carbocycles. The molecule has 0 unspecified atom stereocenters. The van der Waals surface area contributed by atoms with Gasteiger partial charge in [-0.2, -0.15) is 0 Å².